The van der Waals surface area contributed by atoms with Gasteiger partial charge >= 0.3 is 17.7 Å². The number of piperidine rings is 1. The number of fused-ring (bicyclic) bond motifs is 1. The van der Waals surface area contributed by atoms with Crippen LogP contribution in [0, 0.1) is 5.92 Å². The highest BCUT2D eigenvalue weighted by Crippen LogP contribution is 2.19. The number of likely N-dealkylation sites (tertiary alicyclic amines) is 1. The first kappa shape index (κ1) is 25.0. The van der Waals surface area contributed by atoms with E-state index in [0.717, 1.165) is 71.0 Å². The Morgan fingerprint density at radius 3 is 2.42 bits per heavy atom. The molecule has 10 nitrogen and oxygen atoms in total. The van der Waals surface area contributed by atoms with Crippen LogP contribution in [0.2, 0.25) is 0 Å². The third kappa shape index (κ3) is 7.18. The van der Waals surface area contributed by atoms with Gasteiger partial charge in [0, 0.05) is 6.54 Å². The third-order valence-electron chi connectivity index (χ3n) is 6.40. The van der Waals surface area contributed by atoms with Crippen LogP contribution < -0.4 is 16.2 Å². The molecule has 0 bridgehead atoms. The molecule has 3 rings (SSSR count). The van der Waals surface area contributed by atoms with Crippen molar-refractivity contribution < 1.29 is 14.6 Å². The number of hydrogen-bond acceptors (Lipinski definition) is 7. The van der Waals surface area contributed by atoms with Crippen molar-refractivity contribution in [2.45, 2.75) is 77.7 Å². The van der Waals surface area contributed by atoms with Gasteiger partial charge in [0.25, 0.3) is 0 Å². The van der Waals surface area contributed by atoms with Crippen molar-refractivity contribution in [2.75, 3.05) is 32.0 Å². The molecule has 0 atom stereocenters. The van der Waals surface area contributed by atoms with E-state index >= 15 is 0 Å². The summed E-state index contributed by atoms with van der Waals surface area (Å²) in [5.41, 5.74) is 6.75. The van der Waals surface area contributed by atoms with Crippen LogP contribution in [-0.4, -0.2) is 61.7 Å². The highest BCUT2D eigenvalue weighted by molar-refractivity contribution is 5.81. The zero-order chi connectivity index (χ0) is 23.6. The number of nitrogens with one attached hydrogen (secondary N) is 1. The van der Waals surface area contributed by atoms with E-state index in [9.17, 15) is 9.59 Å². The van der Waals surface area contributed by atoms with E-state index in [1.165, 1.54) is 12.8 Å². The Morgan fingerprint density at radius 1 is 1.09 bits per heavy atom. The smallest absolute Gasteiger partial charge is 0.327 e. The fourth-order valence-electron chi connectivity index (χ4n) is 4.33. The maximum atomic E-state index is 12.4. The predicted molar refractivity (Wildman–Crippen MR) is 127 cm³/mol. The Labute approximate surface area is 194 Å². The van der Waals surface area contributed by atoms with Gasteiger partial charge in [0.15, 0.2) is 11.5 Å². The van der Waals surface area contributed by atoms with Crippen LogP contribution in [0.1, 0.15) is 71.1 Å². The quantitative estimate of drug-likeness (QED) is 0.364. The monoisotopic (exact) mass is 462 g/mol. The number of aromatic nitrogens is 4. The number of aliphatic carboxylic acids is 1. The Morgan fingerprint density at radius 2 is 1.76 bits per heavy atom. The summed E-state index contributed by atoms with van der Waals surface area (Å²) in [4.78, 5) is 37.1. The van der Waals surface area contributed by atoms with Crippen molar-refractivity contribution >= 4 is 23.0 Å². The number of rotatable bonds is 14. The molecule has 3 heterocycles. The summed E-state index contributed by atoms with van der Waals surface area (Å²) in [6.07, 6.45) is 10.0. The lowest BCUT2D eigenvalue weighted by Crippen LogP contribution is -2.36. The first-order chi connectivity index (χ1) is 16.0. The van der Waals surface area contributed by atoms with Gasteiger partial charge < -0.3 is 25.5 Å². The molecule has 1 aliphatic heterocycles. The van der Waals surface area contributed by atoms with Gasteiger partial charge in [-0.2, -0.15) is 9.97 Å². The number of anilines is 1. The Hall–Kier alpha value is -2.62. The van der Waals surface area contributed by atoms with Crippen LogP contribution in [0.3, 0.4) is 0 Å². The van der Waals surface area contributed by atoms with E-state index in [2.05, 4.69) is 26.8 Å². The van der Waals surface area contributed by atoms with Gasteiger partial charge in [-0.3, -0.25) is 9.36 Å². The molecule has 0 aliphatic carbocycles. The summed E-state index contributed by atoms with van der Waals surface area (Å²) in [7, 11) is 0. The summed E-state index contributed by atoms with van der Waals surface area (Å²) in [5, 5.41) is 9.08. The number of unbranched alkanes of at least 4 members (excludes halogenated alkanes) is 6. The molecule has 4 N–H and O–H groups in total. The number of nitrogens with zero attached hydrogens (tertiary/aromatic N) is 4. The second-order valence-electron chi connectivity index (χ2n) is 8.95. The Balaban J connectivity index is 1.36. The first-order valence-electron chi connectivity index (χ1n) is 12.3. The molecule has 0 radical (unpaired) electrons. The number of nitrogen functional groups attached to an aromatic ring is 1. The Kier molecular flexibility index (Phi) is 9.53. The van der Waals surface area contributed by atoms with Gasteiger partial charge in [-0.1, -0.05) is 39.0 Å². The highest BCUT2D eigenvalue weighted by atomic mass is 16.5. The minimum Gasteiger partial charge on any atom is -0.481 e. The zero-order valence-electron chi connectivity index (χ0n) is 19.7. The number of H-pyrrole nitrogens is 1. The average Bonchev–Trinajstić information content (AvgIpc) is 3.12. The summed E-state index contributed by atoms with van der Waals surface area (Å²) in [5.74, 6) is -0.579. The number of ether oxygens (including phenoxy) is 1. The van der Waals surface area contributed by atoms with Crippen molar-refractivity contribution in [3.63, 3.8) is 0 Å². The average molecular weight is 463 g/mol. The highest BCUT2D eigenvalue weighted by Gasteiger charge is 2.23. The number of carboxylic acids is 1. The summed E-state index contributed by atoms with van der Waals surface area (Å²) >= 11 is 0. The van der Waals surface area contributed by atoms with Crippen molar-refractivity contribution in [2.24, 2.45) is 5.92 Å². The summed E-state index contributed by atoms with van der Waals surface area (Å²) in [6.45, 7) is 6.05. The third-order valence-corrected chi connectivity index (χ3v) is 6.40. The predicted octanol–water partition coefficient (Wildman–Crippen LogP) is 3.02. The largest absolute Gasteiger partial charge is 0.481 e. The molecule has 0 aromatic carbocycles. The standard InChI is InChI=1S/C23H38N6O4/c1-2-3-16-33-22-26-19(24)18-20(27-22)29(23(32)25-18)13-9-7-5-4-6-8-12-28-14-10-17(11-15-28)21(30)31/h17H,2-16H2,1H3,(H,25,32)(H,30,31)(H2,24,26,27). The molecule has 0 unspecified atom stereocenters. The van der Waals surface area contributed by atoms with E-state index in [0.29, 0.717) is 24.3 Å². The maximum absolute atomic E-state index is 12.4. The SMILES string of the molecule is CCCCOc1nc(N)c2[nH]c(=O)n(CCCCCCCCN3CCC(C(=O)O)CC3)c2n1. The van der Waals surface area contributed by atoms with Gasteiger partial charge in [0.1, 0.15) is 5.52 Å². The molecule has 0 amide bonds. The number of nitrogens with two attached hydrogens (primary N) is 1. The van der Waals surface area contributed by atoms with E-state index in [-0.39, 0.29) is 23.4 Å². The molecule has 184 valence electrons. The molecule has 10 heteroatoms. The number of aromatic amines is 1. The molecule has 1 aliphatic rings. The normalized spacial score (nSPS) is 15.3. The van der Waals surface area contributed by atoms with Gasteiger partial charge in [-0.25, -0.2) is 4.79 Å². The number of imidazole rings is 1. The van der Waals surface area contributed by atoms with E-state index < -0.39 is 5.97 Å². The van der Waals surface area contributed by atoms with Crippen LogP contribution in [0.5, 0.6) is 6.01 Å². The second kappa shape index (κ2) is 12.6. The van der Waals surface area contributed by atoms with Crippen LogP contribution >= 0.6 is 0 Å². The first-order valence-corrected chi connectivity index (χ1v) is 12.3. The second-order valence-corrected chi connectivity index (χ2v) is 8.95. The van der Waals surface area contributed by atoms with E-state index in [1.807, 2.05) is 0 Å². The lowest BCUT2D eigenvalue weighted by atomic mass is 9.97. The maximum Gasteiger partial charge on any atom is 0.327 e. The van der Waals surface area contributed by atoms with Crippen LogP contribution in [-0.2, 0) is 11.3 Å². The van der Waals surface area contributed by atoms with E-state index in [4.69, 9.17) is 15.6 Å². The zero-order valence-corrected chi connectivity index (χ0v) is 19.7. The van der Waals surface area contributed by atoms with Gasteiger partial charge in [0.2, 0.25) is 0 Å². The number of carbonyl (C=O) groups is 1. The summed E-state index contributed by atoms with van der Waals surface area (Å²) < 4.78 is 7.20. The van der Waals surface area contributed by atoms with Gasteiger partial charge in [-0.05, 0) is 51.7 Å². The van der Waals surface area contributed by atoms with Crippen molar-refractivity contribution in [3.05, 3.63) is 10.5 Å². The van der Waals surface area contributed by atoms with E-state index in [1.54, 1.807) is 4.57 Å². The molecule has 2 aromatic rings. The minimum atomic E-state index is -0.652. The fourth-order valence-corrected chi connectivity index (χ4v) is 4.33. The molecule has 1 fully saturated rings. The minimum absolute atomic E-state index is 0.158. The lowest BCUT2D eigenvalue weighted by molar-refractivity contribution is -0.143. The fraction of sp³-hybridized carbons (Fsp3) is 0.739. The molecule has 1 saturated heterocycles. The van der Waals surface area contributed by atoms with Crippen LogP contribution in [0.25, 0.3) is 11.2 Å². The van der Waals surface area contributed by atoms with Gasteiger partial charge in [-0.15, -0.1) is 0 Å². The van der Waals surface area contributed by atoms with Crippen molar-refractivity contribution in [3.8, 4) is 6.01 Å². The molecule has 0 spiro atoms. The van der Waals surface area contributed by atoms with Crippen molar-refractivity contribution in [1.29, 1.82) is 0 Å². The molecule has 33 heavy (non-hydrogen) atoms. The Bertz CT molecular complexity index is 948. The molecular formula is C23H38N6O4. The molecule has 2 aromatic heterocycles. The summed E-state index contributed by atoms with van der Waals surface area (Å²) in [6, 6.07) is 0.216. The van der Waals surface area contributed by atoms with Gasteiger partial charge in [0.05, 0.1) is 12.5 Å². The number of hydrogen-bond donors (Lipinski definition) is 3. The van der Waals surface area contributed by atoms with Crippen LogP contribution in [0.4, 0.5) is 5.82 Å². The molecular weight excluding hydrogens is 424 g/mol. The lowest BCUT2D eigenvalue weighted by Gasteiger charge is -2.29. The topological polar surface area (TPSA) is 139 Å². The van der Waals surface area contributed by atoms with Crippen molar-refractivity contribution in [1.82, 2.24) is 24.4 Å². The molecule has 0 saturated carbocycles. The van der Waals surface area contributed by atoms with Crippen LogP contribution in [0.15, 0.2) is 4.79 Å². The number of carboxylic acid groups (broad SMARTS) is 1. The number of aryl methyl sites for hydroxylation is 1.